The minimum absolute atomic E-state index is 0.00200. The zero-order chi connectivity index (χ0) is 17.6. The van der Waals surface area contributed by atoms with Crippen molar-refractivity contribution in [2.24, 2.45) is 0 Å². The summed E-state index contributed by atoms with van der Waals surface area (Å²) >= 11 is 0. The fraction of sp³-hybridized carbons (Fsp3) is 0.368. The van der Waals surface area contributed by atoms with Crippen molar-refractivity contribution in [3.63, 3.8) is 0 Å². The highest BCUT2D eigenvalue weighted by atomic mass is 16.3. The Morgan fingerprint density at radius 1 is 1.16 bits per heavy atom. The summed E-state index contributed by atoms with van der Waals surface area (Å²) in [5.41, 5.74) is 1.01. The van der Waals surface area contributed by atoms with Gasteiger partial charge in [0.25, 0.3) is 5.91 Å². The average molecular weight is 341 g/mol. The van der Waals surface area contributed by atoms with E-state index in [0.29, 0.717) is 25.4 Å². The number of likely N-dealkylation sites (tertiary alicyclic amines) is 1. The lowest BCUT2D eigenvalue weighted by Crippen LogP contribution is -2.48. The van der Waals surface area contributed by atoms with Gasteiger partial charge in [-0.2, -0.15) is 0 Å². The van der Waals surface area contributed by atoms with Crippen molar-refractivity contribution in [2.75, 3.05) is 31.6 Å². The standard InChI is InChI=1S/C19H23N3O3/c1-21(16-6-3-2-4-7-16)14-18(23)20-15-9-11-22(12-10-15)19(24)17-8-5-13-25-17/h2-8,13,15H,9-12,14H2,1H3,(H,20,23). The van der Waals surface area contributed by atoms with Crippen LogP contribution in [0.25, 0.3) is 0 Å². The van der Waals surface area contributed by atoms with Crippen molar-refractivity contribution >= 4 is 17.5 Å². The molecule has 6 heteroatoms. The molecule has 0 unspecified atom stereocenters. The van der Waals surface area contributed by atoms with Gasteiger partial charge in [0.2, 0.25) is 5.91 Å². The van der Waals surface area contributed by atoms with Crippen molar-refractivity contribution in [2.45, 2.75) is 18.9 Å². The second kappa shape index (κ2) is 7.88. The van der Waals surface area contributed by atoms with Crippen LogP contribution < -0.4 is 10.2 Å². The summed E-state index contributed by atoms with van der Waals surface area (Å²) in [6.45, 7) is 1.56. The smallest absolute Gasteiger partial charge is 0.289 e. The maximum Gasteiger partial charge on any atom is 0.289 e. The minimum Gasteiger partial charge on any atom is -0.459 e. The molecule has 1 saturated heterocycles. The van der Waals surface area contributed by atoms with Gasteiger partial charge in [0.15, 0.2) is 5.76 Å². The molecule has 1 aromatic carbocycles. The van der Waals surface area contributed by atoms with E-state index in [1.54, 1.807) is 17.0 Å². The molecule has 0 radical (unpaired) electrons. The number of carbonyl (C=O) groups is 2. The maximum absolute atomic E-state index is 12.2. The van der Waals surface area contributed by atoms with Crippen molar-refractivity contribution < 1.29 is 14.0 Å². The summed E-state index contributed by atoms with van der Waals surface area (Å²) in [6, 6.07) is 13.3. The average Bonchev–Trinajstić information content (AvgIpc) is 3.17. The van der Waals surface area contributed by atoms with E-state index in [-0.39, 0.29) is 17.9 Å². The third-order valence-electron chi connectivity index (χ3n) is 4.46. The van der Waals surface area contributed by atoms with Gasteiger partial charge in [-0.15, -0.1) is 0 Å². The minimum atomic E-state index is -0.0846. The lowest BCUT2D eigenvalue weighted by molar-refractivity contribution is -0.120. The molecule has 2 aromatic rings. The van der Waals surface area contributed by atoms with Crippen LogP contribution in [0.5, 0.6) is 0 Å². The summed E-state index contributed by atoms with van der Waals surface area (Å²) in [4.78, 5) is 28.2. The normalized spacial score (nSPS) is 15.0. The molecule has 1 aromatic heterocycles. The Bertz CT molecular complexity index is 692. The van der Waals surface area contributed by atoms with Crippen LogP contribution in [0.2, 0.25) is 0 Å². The molecule has 0 aliphatic carbocycles. The first kappa shape index (κ1) is 17.1. The zero-order valence-corrected chi connectivity index (χ0v) is 14.4. The Balaban J connectivity index is 1.44. The number of para-hydroxylation sites is 1. The highest BCUT2D eigenvalue weighted by molar-refractivity contribution is 5.91. The number of hydrogen-bond acceptors (Lipinski definition) is 4. The molecule has 6 nitrogen and oxygen atoms in total. The zero-order valence-electron chi connectivity index (χ0n) is 14.4. The van der Waals surface area contributed by atoms with Crippen LogP contribution in [0.15, 0.2) is 53.1 Å². The molecular weight excluding hydrogens is 318 g/mol. The Morgan fingerprint density at radius 3 is 2.52 bits per heavy atom. The summed E-state index contributed by atoms with van der Waals surface area (Å²) in [5, 5.41) is 3.07. The van der Waals surface area contributed by atoms with Crippen LogP contribution in [0.3, 0.4) is 0 Å². The van der Waals surface area contributed by atoms with Crippen LogP contribution in [-0.4, -0.2) is 49.4 Å². The van der Waals surface area contributed by atoms with Crippen molar-refractivity contribution in [1.82, 2.24) is 10.2 Å². The summed E-state index contributed by atoms with van der Waals surface area (Å²) < 4.78 is 5.16. The fourth-order valence-electron chi connectivity index (χ4n) is 3.05. The number of nitrogens with one attached hydrogen (secondary N) is 1. The molecule has 1 fully saturated rings. The number of benzene rings is 1. The number of likely N-dealkylation sites (N-methyl/N-ethyl adjacent to an activating group) is 1. The van der Waals surface area contributed by atoms with Crippen molar-refractivity contribution in [1.29, 1.82) is 0 Å². The predicted octanol–water partition coefficient (Wildman–Crippen LogP) is 2.14. The topological polar surface area (TPSA) is 65.8 Å². The largest absolute Gasteiger partial charge is 0.459 e. The predicted molar refractivity (Wildman–Crippen MR) is 95.5 cm³/mol. The molecule has 2 heterocycles. The summed E-state index contributed by atoms with van der Waals surface area (Å²) in [7, 11) is 1.90. The molecule has 2 amide bonds. The lowest BCUT2D eigenvalue weighted by atomic mass is 10.0. The van der Waals surface area contributed by atoms with Gasteiger partial charge in [0.05, 0.1) is 12.8 Å². The Hall–Kier alpha value is -2.76. The molecule has 0 saturated carbocycles. The van der Waals surface area contributed by atoms with Crippen molar-refractivity contribution in [3.8, 4) is 0 Å². The number of piperidine rings is 1. The second-order valence-corrected chi connectivity index (χ2v) is 6.30. The van der Waals surface area contributed by atoms with Gasteiger partial charge >= 0.3 is 0 Å². The van der Waals surface area contributed by atoms with E-state index >= 15 is 0 Å². The summed E-state index contributed by atoms with van der Waals surface area (Å²) in [5.74, 6) is 0.285. The number of furan rings is 1. The van der Waals surface area contributed by atoms with Crippen molar-refractivity contribution in [3.05, 3.63) is 54.5 Å². The monoisotopic (exact) mass is 341 g/mol. The molecule has 0 atom stereocenters. The van der Waals surface area contributed by atoms with Crippen LogP contribution in [-0.2, 0) is 4.79 Å². The quantitative estimate of drug-likeness (QED) is 0.905. The SMILES string of the molecule is CN(CC(=O)NC1CCN(C(=O)c2ccco2)CC1)c1ccccc1. The third kappa shape index (κ3) is 4.41. The van der Waals surface area contributed by atoms with Gasteiger partial charge in [-0.05, 0) is 37.1 Å². The van der Waals surface area contributed by atoms with Gasteiger partial charge in [0, 0.05) is 31.9 Å². The molecule has 1 aliphatic rings. The van der Waals surface area contributed by atoms with Gasteiger partial charge in [-0.25, -0.2) is 0 Å². The second-order valence-electron chi connectivity index (χ2n) is 6.30. The van der Waals surface area contributed by atoms with E-state index in [2.05, 4.69) is 5.32 Å². The molecule has 0 spiro atoms. The fourth-order valence-corrected chi connectivity index (χ4v) is 3.05. The number of hydrogen-bond donors (Lipinski definition) is 1. The van der Waals surface area contributed by atoms with E-state index in [9.17, 15) is 9.59 Å². The van der Waals surface area contributed by atoms with Crippen LogP contribution in [0, 0.1) is 0 Å². The third-order valence-corrected chi connectivity index (χ3v) is 4.46. The Labute approximate surface area is 147 Å². The Kier molecular flexibility index (Phi) is 5.38. The highest BCUT2D eigenvalue weighted by Gasteiger charge is 2.25. The van der Waals surface area contributed by atoms with Gasteiger partial charge in [-0.1, -0.05) is 18.2 Å². The van der Waals surface area contributed by atoms with Gasteiger partial charge in [-0.3, -0.25) is 9.59 Å². The van der Waals surface area contributed by atoms with Crippen LogP contribution in [0.4, 0.5) is 5.69 Å². The van der Waals surface area contributed by atoms with Crippen LogP contribution in [0.1, 0.15) is 23.4 Å². The first-order valence-corrected chi connectivity index (χ1v) is 8.52. The molecular formula is C19H23N3O3. The molecule has 132 valence electrons. The number of rotatable bonds is 5. The van der Waals surface area contributed by atoms with E-state index in [1.807, 2.05) is 42.3 Å². The molecule has 0 bridgehead atoms. The first-order valence-electron chi connectivity index (χ1n) is 8.52. The number of amides is 2. The highest BCUT2D eigenvalue weighted by Crippen LogP contribution is 2.15. The number of nitrogens with zero attached hydrogens (tertiary/aromatic N) is 2. The number of anilines is 1. The lowest BCUT2D eigenvalue weighted by Gasteiger charge is -2.32. The van der Waals surface area contributed by atoms with E-state index in [4.69, 9.17) is 4.42 Å². The molecule has 25 heavy (non-hydrogen) atoms. The first-order chi connectivity index (χ1) is 12.1. The molecule has 1 aliphatic heterocycles. The molecule has 1 N–H and O–H groups in total. The maximum atomic E-state index is 12.2. The van der Waals surface area contributed by atoms with E-state index in [0.717, 1.165) is 18.5 Å². The van der Waals surface area contributed by atoms with Gasteiger partial charge in [0.1, 0.15) is 0 Å². The Morgan fingerprint density at radius 2 is 1.88 bits per heavy atom. The van der Waals surface area contributed by atoms with Gasteiger partial charge < -0.3 is 19.5 Å². The molecule has 3 rings (SSSR count). The summed E-state index contributed by atoms with van der Waals surface area (Å²) in [6.07, 6.45) is 3.02. The van der Waals surface area contributed by atoms with E-state index < -0.39 is 0 Å². The van der Waals surface area contributed by atoms with Crippen LogP contribution >= 0.6 is 0 Å². The van der Waals surface area contributed by atoms with E-state index in [1.165, 1.54) is 6.26 Å². The number of carbonyl (C=O) groups excluding carboxylic acids is 2.